The Kier molecular flexibility index (Phi) is 5.35. The molecule has 2 aromatic rings. The van der Waals surface area contributed by atoms with Crippen LogP contribution in [0.3, 0.4) is 0 Å². The quantitative estimate of drug-likeness (QED) is 0.853. The average molecular weight is 327 g/mol. The van der Waals surface area contributed by atoms with E-state index in [0.29, 0.717) is 34.6 Å². The summed E-state index contributed by atoms with van der Waals surface area (Å²) < 4.78 is 9.22. The Balaban J connectivity index is 1.85. The van der Waals surface area contributed by atoms with E-state index in [-0.39, 0.29) is 5.91 Å². The molecule has 0 radical (unpaired) electrons. The molecule has 6 nitrogen and oxygen atoms in total. The molecule has 0 fully saturated rings. The molecule has 2 rings (SSSR count). The average Bonchev–Trinajstić information content (AvgIpc) is 2.85. The van der Waals surface area contributed by atoms with E-state index in [1.54, 1.807) is 18.2 Å². The van der Waals surface area contributed by atoms with Crippen molar-refractivity contribution >= 4 is 39.9 Å². The molecule has 0 saturated carbocycles. The van der Waals surface area contributed by atoms with E-state index >= 15 is 0 Å². The minimum Gasteiger partial charge on any atom is -0.495 e. The highest BCUT2D eigenvalue weighted by atomic mass is 35.5. The molecular weight excluding hydrogens is 312 g/mol. The monoisotopic (exact) mass is 326 g/mol. The Bertz CT molecular complexity index is 632. The molecule has 0 aliphatic heterocycles. The van der Waals surface area contributed by atoms with Crippen LogP contribution in [0, 0.1) is 6.92 Å². The summed E-state index contributed by atoms with van der Waals surface area (Å²) in [5.74, 6) is 1.15. The van der Waals surface area contributed by atoms with Gasteiger partial charge in [-0.1, -0.05) is 11.6 Å². The fraction of sp³-hybridized carbons (Fsp3) is 0.308. The number of halogens is 1. The zero-order valence-corrected chi connectivity index (χ0v) is 13.2. The zero-order valence-electron chi connectivity index (χ0n) is 11.6. The molecule has 0 spiro atoms. The van der Waals surface area contributed by atoms with Crippen molar-refractivity contribution in [1.82, 2.24) is 9.36 Å². The second-order valence-corrected chi connectivity index (χ2v) is 5.40. The van der Waals surface area contributed by atoms with Crippen LogP contribution in [0.2, 0.25) is 5.02 Å². The second-order valence-electron chi connectivity index (χ2n) is 4.22. The zero-order chi connectivity index (χ0) is 15.2. The molecule has 0 unspecified atom stereocenters. The fourth-order valence-electron chi connectivity index (χ4n) is 1.64. The van der Waals surface area contributed by atoms with E-state index in [4.69, 9.17) is 16.3 Å². The van der Waals surface area contributed by atoms with E-state index in [0.717, 1.165) is 5.82 Å². The van der Waals surface area contributed by atoms with Gasteiger partial charge in [0.1, 0.15) is 11.6 Å². The Morgan fingerprint density at radius 3 is 2.95 bits per heavy atom. The number of nitrogens with zero attached hydrogens (tertiary/aromatic N) is 2. The van der Waals surface area contributed by atoms with Gasteiger partial charge in [0, 0.05) is 29.5 Å². The molecule has 0 aliphatic rings. The highest BCUT2D eigenvalue weighted by molar-refractivity contribution is 7.09. The molecule has 0 bridgehead atoms. The number of hydrogen-bond acceptors (Lipinski definition) is 6. The number of amides is 1. The summed E-state index contributed by atoms with van der Waals surface area (Å²) >= 11 is 7.18. The Morgan fingerprint density at radius 1 is 1.48 bits per heavy atom. The summed E-state index contributed by atoms with van der Waals surface area (Å²) in [6.07, 6.45) is 0.300. The van der Waals surface area contributed by atoms with Gasteiger partial charge >= 0.3 is 0 Å². The van der Waals surface area contributed by atoms with Crippen LogP contribution in [-0.2, 0) is 4.79 Å². The van der Waals surface area contributed by atoms with Crippen LogP contribution < -0.4 is 15.4 Å². The minimum absolute atomic E-state index is 0.135. The molecule has 0 saturated heterocycles. The van der Waals surface area contributed by atoms with Gasteiger partial charge in [0.2, 0.25) is 11.0 Å². The molecule has 8 heteroatoms. The maximum atomic E-state index is 11.9. The largest absolute Gasteiger partial charge is 0.495 e. The van der Waals surface area contributed by atoms with Crippen LogP contribution in [0.4, 0.5) is 10.8 Å². The number of aryl methyl sites for hydroxylation is 1. The van der Waals surface area contributed by atoms with Crippen LogP contribution in [0.15, 0.2) is 18.2 Å². The SMILES string of the molecule is COc1ccc(Cl)cc1NC(=O)CCNc1nc(C)ns1. The third kappa shape index (κ3) is 4.57. The fourth-order valence-corrected chi connectivity index (χ4v) is 2.41. The third-order valence-electron chi connectivity index (χ3n) is 2.59. The predicted octanol–water partition coefficient (Wildman–Crippen LogP) is 2.95. The summed E-state index contributed by atoms with van der Waals surface area (Å²) in [4.78, 5) is 16.1. The van der Waals surface area contributed by atoms with Crippen molar-refractivity contribution in [3.63, 3.8) is 0 Å². The van der Waals surface area contributed by atoms with Gasteiger partial charge < -0.3 is 15.4 Å². The molecule has 1 aromatic heterocycles. The van der Waals surface area contributed by atoms with Gasteiger partial charge in [0.05, 0.1) is 12.8 Å². The number of methoxy groups -OCH3 is 1. The highest BCUT2D eigenvalue weighted by Gasteiger charge is 2.08. The lowest BCUT2D eigenvalue weighted by Crippen LogP contribution is -2.16. The first-order valence-corrected chi connectivity index (χ1v) is 7.41. The van der Waals surface area contributed by atoms with Gasteiger partial charge in [-0.2, -0.15) is 4.37 Å². The number of benzene rings is 1. The second kappa shape index (κ2) is 7.24. The first kappa shape index (κ1) is 15.5. The maximum absolute atomic E-state index is 11.9. The molecule has 112 valence electrons. The van der Waals surface area contributed by atoms with Crippen molar-refractivity contribution in [2.45, 2.75) is 13.3 Å². The lowest BCUT2D eigenvalue weighted by Gasteiger charge is -2.10. The van der Waals surface area contributed by atoms with E-state index in [1.165, 1.54) is 18.6 Å². The molecule has 1 aromatic carbocycles. The number of carbonyl (C=O) groups is 1. The van der Waals surface area contributed by atoms with Crippen molar-refractivity contribution < 1.29 is 9.53 Å². The first-order chi connectivity index (χ1) is 10.1. The van der Waals surface area contributed by atoms with Gasteiger partial charge in [0.15, 0.2) is 0 Å². The number of rotatable bonds is 6. The molecule has 0 aliphatic carbocycles. The van der Waals surface area contributed by atoms with Gasteiger partial charge in [0.25, 0.3) is 0 Å². The van der Waals surface area contributed by atoms with Crippen molar-refractivity contribution in [2.24, 2.45) is 0 Å². The predicted molar refractivity (Wildman–Crippen MR) is 84.4 cm³/mol. The molecule has 0 atom stereocenters. The molecule has 2 N–H and O–H groups in total. The van der Waals surface area contributed by atoms with Gasteiger partial charge in [-0.3, -0.25) is 4.79 Å². The van der Waals surface area contributed by atoms with Crippen LogP contribution in [0.25, 0.3) is 0 Å². The minimum atomic E-state index is -0.135. The molecule has 1 heterocycles. The number of nitrogens with one attached hydrogen (secondary N) is 2. The van der Waals surface area contributed by atoms with Crippen LogP contribution in [0.1, 0.15) is 12.2 Å². The number of aromatic nitrogens is 2. The smallest absolute Gasteiger partial charge is 0.226 e. The van der Waals surface area contributed by atoms with Gasteiger partial charge in [-0.25, -0.2) is 4.98 Å². The van der Waals surface area contributed by atoms with Crippen molar-refractivity contribution in [1.29, 1.82) is 0 Å². The lowest BCUT2D eigenvalue weighted by atomic mass is 10.2. The lowest BCUT2D eigenvalue weighted by molar-refractivity contribution is -0.115. The Labute approximate surface area is 131 Å². The normalized spacial score (nSPS) is 10.2. The van der Waals surface area contributed by atoms with Crippen molar-refractivity contribution in [3.05, 3.63) is 29.0 Å². The first-order valence-electron chi connectivity index (χ1n) is 6.26. The summed E-state index contributed by atoms with van der Waals surface area (Å²) in [5.41, 5.74) is 0.557. The number of ether oxygens (including phenoxy) is 1. The van der Waals surface area contributed by atoms with Gasteiger partial charge in [-0.15, -0.1) is 0 Å². The van der Waals surface area contributed by atoms with Crippen molar-refractivity contribution in [3.8, 4) is 5.75 Å². The topological polar surface area (TPSA) is 76.1 Å². The van der Waals surface area contributed by atoms with Gasteiger partial charge in [-0.05, 0) is 25.1 Å². The van der Waals surface area contributed by atoms with Crippen molar-refractivity contribution in [2.75, 3.05) is 24.3 Å². The summed E-state index contributed by atoms with van der Waals surface area (Å²) in [7, 11) is 1.54. The maximum Gasteiger partial charge on any atom is 0.226 e. The highest BCUT2D eigenvalue weighted by Crippen LogP contribution is 2.27. The number of carbonyl (C=O) groups excluding carboxylic acids is 1. The standard InChI is InChI=1S/C13H15ClN4O2S/c1-8-16-13(21-18-8)15-6-5-12(19)17-10-7-9(14)3-4-11(10)20-2/h3-4,7H,5-6H2,1-2H3,(H,17,19)(H,15,16,18). The Hall–Kier alpha value is -1.86. The molecule has 1 amide bonds. The van der Waals surface area contributed by atoms with E-state index in [2.05, 4.69) is 20.0 Å². The van der Waals surface area contributed by atoms with E-state index in [9.17, 15) is 4.79 Å². The number of anilines is 2. The van der Waals surface area contributed by atoms with E-state index < -0.39 is 0 Å². The van der Waals surface area contributed by atoms with Crippen LogP contribution in [0.5, 0.6) is 5.75 Å². The summed E-state index contributed by atoms with van der Waals surface area (Å²) in [6, 6.07) is 5.06. The number of hydrogen-bond donors (Lipinski definition) is 2. The Morgan fingerprint density at radius 2 is 2.29 bits per heavy atom. The van der Waals surface area contributed by atoms with Crippen LogP contribution >= 0.6 is 23.1 Å². The van der Waals surface area contributed by atoms with E-state index in [1.807, 2.05) is 6.92 Å². The summed E-state index contributed by atoms with van der Waals surface area (Å²) in [6.45, 7) is 2.29. The third-order valence-corrected chi connectivity index (χ3v) is 3.59. The molecule has 21 heavy (non-hydrogen) atoms. The molecular formula is C13H15ClN4O2S. The summed E-state index contributed by atoms with van der Waals surface area (Å²) in [5, 5.41) is 7.07. The van der Waals surface area contributed by atoms with Crippen LogP contribution in [-0.4, -0.2) is 28.9 Å².